The molecule has 1 saturated heterocycles. The summed E-state index contributed by atoms with van der Waals surface area (Å²) in [5, 5.41) is 0. The highest BCUT2D eigenvalue weighted by atomic mass is 35.5. The molecule has 1 fully saturated rings. The van der Waals surface area contributed by atoms with E-state index in [9.17, 15) is 9.59 Å². The topological polar surface area (TPSA) is 85.1 Å². The second kappa shape index (κ2) is 10.7. The predicted octanol–water partition coefficient (Wildman–Crippen LogP) is 2.42. The quantitative estimate of drug-likeness (QED) is 0.722. The second-order valence-electron chi connectivity index (χ2n) is 8.23. The number of methoxy groups -OCH3 is 2. The second-order valence-corrected chi connectivity index (χ2v) is 8.23. The van der Waals surface area contributed by atoms with Crippen LogP contribution in [-0.2, 0) is 4.79 Å². The Balaban J connectivity index is 0.00000420. The molecule has 2 N–H and O–H groups in total. The van der Waals surface area contributed by atoms with Gasteiger partial charge in [-0.05, 0) is 36.9 Å². The van der Waals surface area contributed by atoms with Gasteiger partial charge in [-0.15, -0.1) is 12.4 Å². The normalized spacial score (nSPS) is 14.8. The van der Waals surface area contributed by atoms with E-state index in [-0.39, 0.29) is 35.6 Å². The minimum absolute atomic E-state index is 0. The number of nitrogens with zero attached hydrogens (tertiary/aromatic N) is 2. The van der Waals surface area contributed by atoms with Crippen molar-refractivity contribution in [2.75, 3.05) is 47.4 Å². The van der Waals surface area contributed by atoms with Gasteiger partial charge in [-0.25, -0.2) is 0 Å². The molecule has 1 aliphatic heterocycles. The van der Waals surface area contributed by atoms with Gasteiger partial charge < -0.3 is 25.0 Å². The molecule has 29 heavy (non-hydrogen) atoms. The van der Waals surface area contributed by atoms with Crippen molar-refractivity contribution in [3.8, 4) is 11.5 Å². The Kier molecular flexibility index (Phi) is 9.23. The average molecular weight is 428 g/mol. The maximum atomic E-state index is 12.9. The molecule has 164 valence electrons. The molecular formula is C21H34ClN3O4. The zero-order chi connectivity index (χ0) is 20.9. The van der Waals surface area contributed by atoms with Crippen LogP contribution in [0.15, 0.2) is 18.2 Å². The lowest BCUT2D eigenvalue weighted by Gasteiger charge is -2.35. The van der Waals surface area contributed by atoms with Crippen LogP contribution in [-0.4, -0.2) is 69.1 Å². The summed E-state index contributed by atoms with van der Waals surface area (Å²) in [6.45, 7) is 6.39. The SMILES string of the molecule is COc1cc(OC)cc(C(=O)N2CCC(C(=O)N(C)CC(C)(C)CN)CC2)c1.Cl. The van der Waals surface area contributed by atoms with E-state index >= 15 is 0 Å². The summed E-state index contributed by atoms with van der Waals surface area (Å²) in [6.07, 6.45) is 1.33. The summed E-state index contributed by atoms with van der Waals surface area (Å²) in [5.41, 5.74) is 6.21. The smallest absolute Gasteiger partial charge is 0.254 e. The number of likely N-dealkylation sites (tertiary alicyclic amines) is 1. The molecule has 1 aromatic rings. The van der Waals surface area contributed by atoms with E-state index in [1.165, 1.54) is 0 Å². The first-order valence-corrected chi connectivity index (χ1v) is 9.68. The fourth-order valence-electron chi connectivity index (χ4n) is 3.54. The molecule has 0 aliphatic carbocycles. The van der Waals surface area contributed by atoms with Crippen molar-refractivity contribution in [1.82, 2.24) is 9.80 Å². The van der Waals surface area contributed by atoms with Crippen LogP contribution in [0.25, 0.3) is 0 Å². The minimum Gasteiger partial charge on any atom is -0.497 e. The predicted molar refractivity (Wildman–Crippen MR) is 116 cm³/mol. The van der Waals surface area contributed by atoms with Crippen LogP contribution < -0.4 is 15.2 Å². The fraction of sp³-hybridized carbons (Fsp3) is 0.619. The molecule has 1 aliphatic rings. The molecule has 8 heteroatoms. The first-order valence-electron chi connectivity index (χ1n) is 9.68. The Morgan fingerprint density at radius 2 is 1.66 bits per heavy atom. The van der Waals surface area contributed by atoms with Gasteiger partial charge in [0.15, 0.2) is 0 Å². The first kappa shape index (κ1) is 25.0. The van der Waals surface area contributed by atoms with Crippen molar-refractivity contribution in [1.29, 1.82) is 0 Å². The van der Waals surface area contributed by atoms with Gasteiger partial charge in [-0.2, -0.15) is 0 Å². The maximum Gasteiger partial charge on any atom is 0.254 e. The molecule has 0 saturated carbocycles. The number of carbonyl (C=O) groups is 2. The molecule has 0 radical (unpaired) electrons. The molecule has 0 spiro atoms. The Labute approximate surface area is 179 Å². The van der Waals surface area contributed by atoms with Crippen LogP contribution in [0.4, 0.5) is 0 Å². The van der Waals surface area contributed by atoms with Crippen LogP contribution in [0.3, 0.4) is 0 Å². The van der Waals surface area contributed by atoms with Crippen molar-refractivity contribution in [3.05, 3.63) is 23.8 Å². The van der Waals surface area contributed by atoms with Gasteiger partial charge in [0, 0.05) is 44.2 Å². The zero-order valence-electron chi connectivity index (χ0n) is 18.1. The van der Waals surface area contributed by atoms with Gasteiger partial charge in [0.05, 0.1) is 14.2 Å². The standard InChI is InChI=1S/C21H33N3O4.ClH/c1-21(2,13-22)14-23(3)19(25)15-6-8-24(9-7-15)20(26)16-10-17(27-4)12-18(11-16)28-5;/h10-12,15H,6-9,13-14,22H2,1-5H3;1H. The molecule has 7 nitrogen and oxygen atoms in total. The third kappa shape index (κ3) is 6.51. The number of carbonyl (C=O) groups excluding carboxylic acids is 2. The Hall–Kier alpha value is -1.99. The number of amides is 2. The number of hydrogen-bond acceptors (Lipinski definition) is 5. The van der Waals surface area contributed by atoms with Crippen molar-refractivity contribution in [3.63, 3.8) is 0 Å². The van der Waals surface area contributed by atoms with Gasteiger partial charge >= 0.3 is 0 Å². The highest BCUT2D eigenvalue weighted by Gasteiger charge is 2.31. The Morgan fingerprint density at radius 3 is 2.10 bits per heavy atom. The number of benzene rings is 1. The van der Waals surface area contributed by atoms with E-state index in [0.29, 0.717) is 56.1 Å². The summed E-state index contributed by atoms with van der Waals surface area (Å²) in [6, 6.07) is 5.16. The van der Waals surface area contributed by atoms with Crippen molar-refractivity contribution >= 4 is 24.2 Å². The monoisotopic (exact) mass is 427 g/mol. The zero-order valence-corrected chi connectivity index (χ0v) is 18.9. The average Bonchev–Trinajstić information content (AvgIpc) is 2.71. The molecule has 0 unspecified atom stereocenters. The summed E-state index contributed by atoms with van der Waals surface area (Å²) < 4.78 is 10.5. The van der Waals surface area contributed by atoms with Crippen LogP contribution in [0.5, 0.6) is 11.5 Å². The van der Waals surface area contributed by atoms with Gasteiger partial charge in [0.2, 0.25) is 5.91 Å². The lowest BCUT2D eigenvalue weighted by atomic mass is 9.91. The van der Waals surface area contributed by atoms with E-state index in [1.54, 1.807) is 42.2 Å². The van der Waals surface area contributed by atoms with Crippen molar-refractivity contribution in [2.24, 2.45) is 17.1 Å². The van der Waals surface area contributed by atoms with Crippen LogP contribution in [0, 0.1) is 11.3 Å². The molecule has 1 aromatic carbocycles. The number of piperidine rings is 1. The molecule has 0 bridgehead atoms. The summed E-state index contributed by atoms with van der Waals surface area (Å²) in [4.78, 5) is 29.2. The number of ether oxygens (including phenoxy) is 2. The van der Waals surface area contributed by atoms with E-state index in [0.717, 1.165) is 0 Å². The summed E-state index contributed by atoms with van der Waals surface area (Å²) >= 11 is 0. The van der Waals surface area contributed by atoms with E-state index in [4.69, 9.17) is 15.2 Å². The van der Waals surface area contributed by atoms with Gasteiger partial charge in [-0.3, -0.25) is 9.59 Å². The molecule has 2 amide bonds. The molecular weight excluding hydrogens is 394 g/mol. The third-order valence-electron chi connectivity index (χ3n) is 5.32. The van der Waals surface area contributed by atoms with Gasteiger partial charge in [0.25, 0.3) is 5.91 Å². The minimum atomic E-state index is -0.105. The molecule has 1 heterocycles. The van der Waals surface area contributed by atoms with Gasteiger partial charge in [-0.1, -0.05) is 13.8 Å². The lowest BCUT2D eigenvalue weighted by molar-refractivity contribution is -0.136. The summed E-state index contributed by atoms with van der Waals surface area (Å²) in [5.74, 6) is 1.17. The van der Waals surface area contributed by atoms with Crippen LogP contribution >= 0.6 is 12.4 Å². The number of rotatable bonds is 7. The molecule has 0 aromatic heterocycles. The number of nitrogens with two attached hydrogens (primary N) is 1. The first-order chi connectivity index (χ1) is 13.2. The van der Waals surface area contributed by atoms with E-state index < -0.39 is 0 Å². The lowest BCUT2D eigenvalue weighted by Crippen LogP contribution is -2.46. The molecule has 2 rings (SSSR count). The maximum absolute atomic E-state index is 12.9. The Morgan fingerprint density at radius 1 is 1.14 bits per heavy atom. The highest BCUT2D eigenvalue weighted by Crippen LogP contribution is 2.26. The summed E-state index contributed by atoms with van der Waals surface area (Å²) in [7, 11) is 4.95. The number of hydrogen-bond donors (Lipinski definition) is 1. The largest absolute Gasteiger partial charge is 0.497 e. The molecule has 0 atom stereocenters. The van der Waals surface area contributed by atoms with Crippen LogP contribution in [0.1, 0.15) is 37.0 Å². The number of halogens is 1. The highest BCUT2D eigenvalue weighted by molar-refractivity contribution is 5.95. The van der Waals surface area contributed by atoms with Crippen molar-refractivity contribution < 1.29 is 19.1 Å². The fourth-order valence-corrected chi connectivity index (χ4v) is 3.54. The van der Waals surface area contributed by atoms with E-state index in [2.05, 4.69) is 13.8 Å². The van der Waals surface area contributed by atoms with E-state index in [1.807, 2.05) is 7.05 Å². The van der Waals surface area contributed by atoms with Crippen molar-refractivity contribution in [2.45, 2.75) is 26.7 Å². The third-order valence-corrected chi connectivity index (χ3v) is 5.32. The van der Waals surface area contributed by atoms with Gasteiger partial charge in [0.1, 0.15) is 11.5 Å². The van der Waals surface area contributed by atoms with Crippen LogP contribution in [0.2, 0.25) is 0 Å². The Bertz CT molecular complexity index is 681.